The number of benzene rings is 2. The predicted molar refractivity (Wildman–Crippen MR) is 99.7 cm³/mol. The van der Waals surface area contributed by atoms with Gasteiger partial charge in [-0.25, -0.2) is 9.18 Å². The first-order chi connectivity index (χ1) is 12.6. The fourth-order valence-corrected chi connectivity index (χ4v) is 2.87. The lowest BCUT2D eigenvalue weighted by molar-refractivity contribution is -0.137. The molecule has 26 heavy (non-hydrogen) atoms. The third-order valence-electron chi connectivity index (χ3n) is 4.05. The number of esters is 1. The van der Waals surface area contributed by atoms with Gasteiger partial charge in [0, 0.05) is 29.2 Å². The van der Waals surface area contributed by atoms with Crippen LogP contribution in [-0.2, 0) is 16.1 Å². The van der Waals surface area contributed by atoms with Gasteiger partial charge in [0.15, 0.2) is 0 Å². The number of hydrogen-bond acceptors (Lipinski definition) is 3. The van der Waals surface area contributed by atoms with Gasteiger partial charge in [-0.1, -0.05) is 12.1 Å². The molecule has 5 heteroatoms. The Balaban J connectivity index is 2.04. The van der Waals surface area contributed by atoms with Crippen LogP contribution in [0.5, 0.6) is 5.75 Å². The maximum Gasteiger partial charge on any atom is 0.330 e. The number of nitrogens with zero attached hydrogens (tertiary/aromatic N) is 1. The summed E-state index contributed by atoms with van der Waals surface area (Å²) in [5.41, 5.74) is 2.63. The summed E-state index contributed by atoms with van der Waals surface area (Å²) in [5.74, 6) is 0.0817. The summed E-state index contributed by atoms with van der Waals surface area (Å²) in [5, 5.41) is 0.976. The monoisotopic (exact) mass is 353 g/mol. The van der Waals surface area contributed by atoms with Gasteiger partial charge in [-0.3, -0.25) is 0 Å². The van der Waals surface area contributed by atoms with Crippen LogP contribution in [0.1, 0.15) is 18.2 Å². The molecule has 0 radical (unpaired) electrons. The van der Waals surface area contributed by atoms with E-state index in [0.717, 1.165) is 27.9 Å². The van der Waals surface area contributed by atoms with Crippen molar-refractivity contribution in [2.24, 2.45) is 0 Å². The zero-order valence-corrected chi connectivity index (χ0v) is 14.7. The molecule has 0 aliphatic heterocycles. The Morgan fingerprint density at radius 2 is 2.04 bits per heavy atom. The zero-order chi connectivity index (χ0) is 18.5. The minimum atomic E-state index is -0.396. The summed E-state index contributed by atoms with van der Waals surface area (Å²) in [7, 11) is 1.62. The molecule has 134 valence electrons. The second-order valence-corrected chi connectivity index (χ2v) is 5.80. The first kappa shape index (κ1) is 17.7. The molecule has 3 rings (SSSR count). The van der Waals surface area contributed by atoms with Gasteiger partial charge < -0.3 is 14.0 Å². The van der Waals surface area contributed by atoms with Crippen LogP contribution in [0.15, 0.2) is 54.6 Å². The summed E-state index contributed by atoms with van der Waals surface area (Å²) in [6.07, 6.45) is 3.11. The Morgan fingerprint density at radius 1 is 1.19 bits per heavy atom. The molecule has 0 atom stereocenters. The normalized spacial score (nSPS) is 11.2. The Bertz CT molecular complexity index is 959. The Hall–Kier alpha value is -3.08. The van der Waals surface area contributed by atoms with Crippen LogP contribution in [0, 0.1) is 5.82 Å². The van der Waals surface area contributed by atoms with Crippen LogP contribution in [0.3, 0.4) is 0 Å². The second kappa shape index (κ2) is 7.87. The highest BCUT2D eigenvalue weighted by atomic mass is 19.1. The van der Waals surface area contributed by atoms with Gasteiger partial charge in [0.2, 0.25) is 0 Å². The van der Waals surface area contributed by atoms with Crippen LogP contribution >= 0.6 is 0 Å². The summed E-state index contributed by atoms with van der Waals surface area (Å²) in [6.45, 7) is 2.57. The van der Waals surface area contributed by atoms with Gasteiger partial charge in [-0.05, 0) is 55.0 Å². The Labute approximate surface area is 151 Å². The average molecular weight is 353 g/mol. The molecule has 0 saturated heterocycles. The van der Waals surface area contributed by atoms with Gasteiger partial charge in [0.1, 0.15) is 11.6 Å². The summed E-state index contributed by atoms with van der Waals surface area (Å²) >= 11 is 0. The maximum atomic E-state index is 13.5. The van der Waals surface area contributed by atoms with Crippen molar-refractivity contribution in [2.75, 3.05) is 13.7 Å². The van der Waals surface area contributed by atoms with Crippen molar-refractivity contribution in [1.29, 1.82) is 0 Å². The van der Waals surface area contributed by atoms with Crippen LogP contribution < -0.4 is 4.74 Å². The molecule has 0 N–H and O–H groups in total. The molecule has 0 amide bonds. The molecule has 0 unspecified atom stereocenters. The number of carbonyl (C=O) groups excluding carboxylic acids is 1. The molecule has 0 bridgehead atoms. The molecule has 0 aliphatic carbocycles. The van der Waals surface area contributed by atoms with E-state index >= 15 is 0 Å². The van der Waals surface area contributed by atoms with Crippen molar-refractivity contribution in [3.8, 4) is 5.75 Å². The Morgan fingerprint density at radius 3 is 2.77 bits per heavy atom. The topological polar surface area (TPSA) is 40.5 Å². The largest absolute Gasteiger partial charge is 0.497 e. The number of aromatic nitrogens is 1. The first-order valence-corrected chi connectivity index (χ1v) is 8.37. The highest BCUT2D eigenvalue weighted by Gasteiger charge is 2.10. The number of rotatable bonds is 6. The maximum absolute atomic E-state index is 13.5. The molecule has 2 aromatic carbocycles. The van der Waals surface area contributed by atoms with E-state index in [-0.39, 0.29) is 5.82 Å². The average Bonchev–Trinajstić information content (AvgIpc) is 2.97. The van der Waals surface area contributed by atoms with E-state index in [1.165, 1.54) is 18.2 Å². The van der Waals surface area contributed by atoms with E-state index in [1.54, 1.807) is 26.2 Å². The summed E-state index contributed by atoms with van der Waals surface area (Å²) in [4.78, 5) is 11.7. The Kier molecular flexibility index (Phi) is 5.37. The smallest absolute Gasteiger partial charge is 0.330 e. The van der Waals surface area contributed by atoms with Crippen LogP contribution in [0.2, 0.25) is 0 Å². The molecule has 1 heterocycles. The minimum absolute atomic E-state index is 0.274. The van der Waals surface area contributed by atoms with E-state index in [1.807, 2.05) is 34.9 Å². The van der Waals surface area contributed by atoms with E-state index in [2.05, 4.69) is 0 Å². The second-order valence-electron chi connectivity index (χ2n) is 5.80. The van der Waals surface area contributed by atoms with Crippen molar-refractivity contribution in [2.45, 2.75) is 13.5 Å². The summed E-state index contributed by atoms with van der Waals surface area (Å²) < 4.78 is 25.8. The van der Waals surface area contributed by atoms with Crippen molar-refractivity contribution in [3.05, 3.63) is 71.7 Å². The van der Waals surface area contributed by atoms with Crippen molar-refractivity contribution in [1.82, 2.24) is 4.57 Å². The molecule has 0 fully saturated rings. The van der Waals surface area contributed by atoms with Gasteiger partial charge >= 0.3 is 5.97 Å². The third-order valence-corrected chi connectivity index (χ3v) is 4.05. The molecule has 4 nitrogen and oxygen atoms in total. The molecule has 3 aromatic rings. The molecular formula is C21H20FNO3. The van der Waals surface area contributed by atoms with Crippen molar-refractivity contribution >= 4 is 22.9 Å². The zero-order valence-electron chi connectivity index (χ0n) is 14.7. The highest BCUT2D eigenvalue weighted by Crippen LogP contribution is 2.26. The summed E-state index contributed by atoms with van der Waals surface area (Å²) in [6, 6.07) is 14.2. The lowest BCUT2D eigenvalue weighted by Gasteiger charge is -2.09. The van der Waals surface area contributed by atoms with Crippen molar-refractivity contribution < 1.29 is 18.7 Å². The van der Waals surface area contributed by atoms with E-state index < -0.39 is 5.97 Å². The van der Waals surface area contributed by atoms with Gasteiger partial charge in [0.05, 0.1) is 13.7 Å². The quantitative estimate of drug-likeness (QED) is 0.487. The highest BCUT2D eigenvalue weighted by molar-refractivity contribution is 5.90. The minimum Gasteiger partial charge on any atom is -0.497 e. The third kappa shape index (κ3) is 3.94. The molecule has 1 aromatic heterocycles. The molecule has 0 aliphatic rings. The van der Waals surface area contributed by atoms with E-state index in [4.69, 9.17) is 9.47 Å². The molecule has 0 saturated carbocycles. The van der Waals surface area contributed by atoms with Gasteiger partial charge in [-0.2, -0.15) is 0 Å². The lowest BCUT2D eigenvalue weighted by Crippen LogP contribution is -2.03. The van der Waals surface area contributed by atoms with Crippen LogP contribution in [0.25, 0.3) is 17.0 Å². The van der Waals surface area contributed by atoms with Crippen LogP contribution in [-0.4, -0.2) is 24.3 Å². The van der Waals surface area contributed by atoms with E-state index in [0.29, 0.717) is 13.2 Å². The predicted octanol–water partition coefficient (Wildman–Crippen LogP) is 4.41. The molecule has 0 spiro atoms. The standard InChI is InChI=1S/C21H20FNO3/c1-3-26-21(24)10-7-18-12-16-13-19(25-2)8-9-20(16)23(18)14-15-5-4-6-17(22)11-15/h4-13H,3,14H2,1-2H3/b10-7+. The number of ether oxygens (including phenoxy) is 2. The molecular weight excluding hydrogens is 333 g/mol. The number of halogens is 1. The number of methoxy groups -OCH3 is 1. The number of hydrogen-bond donors (Lipinski definition) is 0. The SMILES string of the molecule is CCOC(=O)/C=C/c1cc2cc(OC)ccc2n1Cc1cccc(F)c1. The van der Waals surface area contributed by atoms with Crippen molar-refractivity contribution in [3.63, 3.8) is 0 Å². The fourth-order valence-electron chi connectivity index (χ4n) is 2.87. The fraction of sp³-hybridized carbons (Fsp3) is 0.190. The van der Waals surface area contributed by atoms with Gasteiger partial charge in [-0.15, -0.1) is 0 Å². The van der Waals surface area contributed by atoms with E-state index in [9.17, 15) is 9.18 Å². The number of carbonyl (C=O) groups is 1. The number of fused-ring (bicyclic) bond motifs is 1. The van der Waals surface area contributed by atoms with Gasteiger partial charge in [0.25, 0.3) is 0 Å². The first-order valence-electron chi connectivity index (χ1n) is 8.37. The lowest BCUT2D eigenvalue weighted by atomic mass is 10.2. The van der Waals surface area contributed by atoms with Crippen LogP contribution in [0.4, 0.5) is 4.39 Å².